The molecule has 1 N–H and O–H groups in total. The van der Waals surface area contributed by atoms with E-state index in [-0.39, 0.29) is 17.0 Å². The van der Waals surface area contributed by atoms with Gasteiger partial charge in [-0.15, -0.1) is 0 Å². The molecule has 2 amide bonds. The van der Waals surface area contributed by atoms with Gasteiger partial charge >= 0.3 is 0 Å². The van der Waals surface area contributed by atoms with E-state index >= 15 is 0 Å². The van der Waals surface area contributed by atoms with Crippen LogP contribution in [-0.2, 0) is 9.59 Å². The minimum atomic E-state index is -1.10. The maximum atomic E-state index is 13.8. The Morgan fingerprint density at radius 2 is 1.42 bits per heavy atom. The fourth-order valence-electron chi connectivity index (χ4n) is 3.87. The van der Waals surface area contributed by atoms with Gasteiger partial charge in [0.1, 0.15) is 11.5 Å². The molecule has 4 aromatic carbocycles. The third kappa shape index (κ3) is 3.53. The number of amides is 2. The Morgan fingerprint density at radius 1 is 0.697 bits per heavy atom. The van der Waals surface area contributed by atoms with E-state index in [0.29, 0.717) is 16.6 Å². The fraction of sp³-hybridized carbons (Fsp3) is 0. The molecule has 0 spiro atoms. The lowest BCUT2D eigenvalue weighted by Crippen LogP contribution is -2.32. The molecular formula is C26H15F3N2O2. The molecule has 1 aliphatic heterocycles. The molecule has 0 atom stereocenters. The molecule has 162 valence electrons. The summed E-state index contributed by atoms with van der Waals surface area (Å²) >= 11 is 0. The number of nitrogens with one attached hydrogen (secondary N) is 1. The van der Waals surface area contributed by atoms with Crippen molar-refractivity contribution < 1.29 is 22.8 Å². The lowest BCUT2D eigenvalue weighted by molar-refractivity contribution is -0.120. The van der Waals surface area contributed by atoms with Crippen LogP contribution in [0.2, 0.25) is 0 Å². The van der Waals surface area contributed by atoms with Crippen molar-refractivity contribution in [1.82, 2.24) is 0 Å². The summed E-state index contributed by atoms with van der Waals surface area (Å²) in [7, 11) is 0. The number of nitrogens with zero attached hydrogens (tertiary/aromatic N) is 1. The standard InChI is InChI=1S/C26H15F3N2O2/c27-17-10-8-16(9-11-17)23-24(30-18-12-13-20(28)21(29)14-18)26(33)31(25(23)32)22-7-3-5-15-4-1-2-6-19(15)22/h1-14,30H. The average Bonchev–Trinajstić information content (AvgIpc) is 3.05. The van der Waals surface area contributed by atoms with Crippen LogP contribution >= 0.6 is 0 Å². The predicted octanol–water partition coefficient (Wildman–Crippen LogP) is 5.65. The van der Waals surface area contributed by atoms with E-state index < -0.39 is 29.3 Å². The van der Waals surface area contributed by atoms with Crippen LogP contribution in [0.5, 0.6) is 0 Å². The lowest BCUT2D eigenvalue weighted by atomic mass is 10.0. The second kappa shape index (κ2) is 7.94. The van der Waals surface area contributed by atoms with Crippen molar-refractivity contribution in [2.24, 2.45) is 0 Å². The first-order valence-corrected chi connectivity index (χ1v) is 10.0. The molecule has 0 aromatic heterocycles. The monoisotopic (exact) mass is 444 g/mol. The fourth-order valence-corrected chi connectivity index (χ4v) is 3.87. The Morgan fingerprint density at radius 3 is 2.18 bits per heavy atom. The van der Waals surface area contributed by atoms with Gasteiger partial charge in [-0.2, -0.15) is 0 Å². The van der Waals surface area contributed by atoms with Crippen LogP contribution in [0.25, 0.3) is 16.3 Å². The number of fused-ring (bicyclic) bond motifs is 1. The van der Waals surface area contributed by atoms with E-state index in [2.05, 4.69) is 5.32 Å². The molecule has 7 heteroatoms. The summed E-state index contributed by atoms with van der Waals surface area (Å²) < 4.78 is 40.7. The number of anilines is 2. The summed E-state index contributed by atoms with van der Waals surface area (Å²) in [5.74, 6) is -3.93. The van der Waals surface area contributed by atoms with E-state index in [1.165, 1.54) is 30.3 Å². The van der Waals surface area contributed by atoms with Crippen LogP contribution in [0.15, 0.2) is 90.6 Å². The van der Waals surface area contributed by atoms with Crippen LogP contribution in [0.1, 0.15) is 5.56 Å². The van der Waals surface area contributed by atoms with E-state index in [9.17, 15) is 22.8 Å². The van der Waals surface area contributed by atoms with Crippen molar-refractivity contribution in [1.29, 1.82) is 0 Å². The van der Waals surface area contributed by atoms with Gasteiger partial charge in [-0.25, -0.2) is 18.1 Å². The Balaban J connectivity index is 1.66. The first kappa shape index (κ1) is 20.5. The smallest absolute Gasteiger partial charge is 0.282 e. The first-order valence-electron chi connectivity index (χ1n) is 10.0. The van der Waals surface area contributed by atoms with Crippen molar-refractivity contribution in [3.63, 3.8) is 0 Å². The Labute approximate surface area is 186 Å². The summed E-state index contributed by atoms with van der Waals surface area (Å²) in [6.07, 6.45) is 0. The molecule has 0 radical (unpaired) electrons. The van der Waals surface area contributed by atoms with Gasteiger partial charge in [-0.3, -0.25) is 9.59 Å². The van der Waals surface area contributed by atoms with Crippen molar-refractivity contribution in [3.05, 3.63) is 114 Å². The van der Waals surface area contributed by atoms with Crippen LogP contribution in [0.4, 0.5) is 24.5 Å². The third-order valence-corrected chi connectivity index (χ3v) is 5.41. The molecule has 0 fully saturated rings. The summed E-state index contributed by atoms with van der Waals surface area (Å²) in [4.78, 5) is 28.1. The maximum Gasteiger partial charge on any atom is 0.282 e. The molecule has 4 nitrogen and oxygen atoms in total. The summed E-state index contributed by atoms with van der Waals surface area (Å²) in [6.45, 7) is 0. The number of benzene rings is 4. The third-order valence-electron chi connectivity index (χ3n) is 5.41. The minimum absolute atomic E-state index is 0.00216. The van der Waals surface area contributed by atoms with Crippen LogP contribution in [0, 0.1) is 17.5 Å². The van der Waals surface area contributed by atoms with Gasteiger partial charge in [-0.05, 0) is 41.3 Å². The molecule has 5 rings (SSSR count). The van der Waals surface area contributed by atoms with E-state index in [1.54, 1.807) is 24.3 Å². The van der Waals surface area contributed by atoms with Crippen LogP contribution < -0.4 is 10.2 Å². The summed E-state index contributed by atoms with van der Waals surface area (Å²) in [5.41, 5.74) is 0.653. The first-order chi connectivity index (χ1) is 15.9. The number of carbonyl (C=O) groups excluding carboxylic acids is 2. The average molecular weight is 444 g/mol. The van der Waals surface area contributed by atoms with Gasteiger partial charge in [0.2, 0.25) is 0 Å². The highest BCUT2D eigenvalue weighted by Crippen LogP contribution is 2.37. The number of carbonyl (C=O) groups is 2. The lowest BCUT2D eigenvalue weighted by Gasteiger charge is -2.18. The van der Waals surface area contributed by atoms with E-state index in [1.807, 2.05) is 18.2 Å². The Kier molecular flexibility index (Phi) is 4.94. The second-order valence-electron chi connectivity index (χ2n) is 7.45. The van der Waals surface area contributed by atoms with Gasteiger partial charge in [0.15, 0.2) is 11.6 Å². The number of halogens is 3. The normalized spacial score (nSPS) is 13.8. The van der Waals surface area contributed by atoms with E-state index in [0.717, 1.165) is 22.4 Å². The maximum absolute atomic E-state index is 13.8. The number of hydrogen-bond donors (Lipinski definition) is 1. The molecule has 1 heterocycles. The molecule has 33 heavy (non-hydrogen) atoms. The van der Waals surface area contributed by atoms with Crippen LogP contribution in [-0.4, -0.2) is 11.8 Å². The highest BCUT2D eigenvalue weighted by molar-refractivity contribution is 6.47. The number of rotatable bonds is 4. The zero-order valence-corrected chi connectivity index (χ0v) is 17.0. The minimum Gasteiger partial charge on any atom is -0.350 e. The van der Waals surface area contributed by atoms with Gasteiger partial charge in [-0.1, -0.05) is 48.5 Å². The van der Waals surface area contributed by atoms with Gasteiger partial charge in [0.25, 0.3) is 11.8 Å². The number of hydrogen-bond acceptors (Lipinski definition) is 3. The van der Waals surface area contributed by atoms with Crippen LogP contribution in [0.3, 0.4) is 0 Å². The highest BCUT2D eigenvalue weighted by Gasteiger charge is 2.41. The van der Waals surface area contributed by atoms with E-state index in [4.69, 9.17) is 0 Å². The Hall–Kier alpha value is -4.39. The second-order valence-corrected chi connectivity index (χ2v) is 7.45. The van der Waals surface area contributed by atoms with Gasteiger partial charge < -0.3 is 5.32 Å². The SMILES string of the molecule is O=C1C(Nc2ccc(F)c(F)c2)=C(c2ccc(F)cc2)C(=O)N1c1cccc2ccccc12. The summed E-state index contributed by atoms with van der Waals surface area (Å²) in [6, 6.07) is 20.7. The molecule has 0 aliphatic carbocycles. The molecule has 0 unspecified atom stereocenters. The molecule has 0 saturated carbocycles. The highest BCUT2D eigenvalue weighted by atomic mass is 19.2. The zero-order chi connectivity index (χ0) is 23.1. The van der Waals surface area contributed by atoms with Crippen molar-refractivity contribution in [3.8, 4) is 0 Å². The van der Waals surface area contributed by atoms with Crippen molar-refractivity contribution >= 4 is 39.5 Å². The predicted molar refractivity (Wildman–Crippen MR) is 120 cm³/mol. The zero-order valence-electron chi connectivity index (χ0n) is 17.0. The molecule has 0 bridgehead atoms. The Bertz CT molecular complexity index is 1460. The largest absolute Gasteiger partial charge is 0.350 e. The molecule has 4 aromatic rings. The topological polar surface area (TPSA) is 49.4 Å². The number of imide groups is 1. The van der Waals surface area contributed by atoms with Crippen molar-refractivity contribution in [2.75, 3.05) is 10.2 Å². The van der Waals surface area contributed by atoms with Crippen molar-refractivity contribution in [2.45, 2.75) is 0 Å². The van der Waals surface area contributed by atoms with Gasteiger partial charge in [0.05, 0.1) is 11.3 Å². The quantitative estimate of drug-likeness (QED) is 0.414. The summed E-state index contributed by atoms with van der Waals surface area (Å²) in [5, 5.41) is 4.29. The molecule has 1 aliphatic rings. The molecule has 0 saturated heterocycles. The molecular weight excluding hydrogens is 429 g/mol. The van der Waals surface area contributed by atoms with Gasteiger partial charge in [0, 0.05) is 17.1 Å².